The quantitative estimate of drug-likeness (QED) is 0.850. The van der Waals surface area contributed by atoms with Gasteiger partial charge in [0, 0.05) is 10.4 Å². The second kappa shape index (κ2) is 6.91. The number of thiophene rings is 1. The molecule has 0 saturated carbocycles. The molecule has 1 aliphatic heterocycles. The molecule has 5 nitrogen and oxygen atoms in total. The Bertz CT molecular complexity index is 636. The minimum Gasteiger partial charge on any atom is -0.506 e. The summed E-state index contributed by atoms with van der Waals surface area (Å²) in [6, 6.07) is 8.78. The summed E-state index contributed by atoms with van der Waals surface area (Å²) in [4.78, 5) is 13.0. The van der Waals surface area contributed by atoms with Crippen molar-refractivity contribution in [2.24, 2.45) is 0 Å². The van der Waals surface area contributed by atoms with Gasteiger partial charge >= 0.3 is 0 Å². The molecule has 1 aromatic heterocycles. The van der Waals surface area contributed by atoms with E-state index in [1.165, 1.54) is 17.4 Å². The van der Waals surface area contributed by atoms with E-state index in [2.05, 4.69) is 5.32 Å². The van der Waals surface area contributed by atoms with Crippen molar-refractivity contribution < 1.29 is 19.4 Å². The fraction of sp³-hybridized carbons (Fsp3) is 0.312. The number of phenols is 1. The van der Waals surface area contributed by atoms with Gasteiger partial charge < -0.3 is 19.9 Å². The third kappa shape index (κ3) is 3.65. The molecule has 1 aromatic carbocycles. The molecular formula is C16H17NO4S. The molecule has 2 aromatic rings. The molecule has 0 spiro atoms. The number of carbonyl (C=O) groups is 1. The first kappa shape index (κ1) is 15.0. The average Bonchev–Trinajstić information content (AvgIpc) is 3.03. The second-order valence-electron chi connectivity index (χ2n) is 5.01. The van der Waals surface area contributed by atoms with Crippen LogP contribution in [0.15, 0.2) is 35.7 Å². The monoisotopic (exact) mass is 319 g/mol. The molecule has 0 radical (unpaired) electrons. The standard InChI is InChI=1S/C16H17NO4S/c18-14-5-4-11(16-20-6-2-7-21-16)9-13(14)17-15(19)10-12-3-1-8-22-12/h1,3-5,8-9,16,18H,2,6-7,10H2,(H,17,19). The first-order valence-corrected chi connectivity index (χ1v) is 7.99. The van der Waals surface area contributed by atoms with Gasteiger partial charge in [-0.15, -0.1) is 11.3 Å². The summed E-state index contributed by atoms with van der Waals surface area (Å²) in [5, 5.41) is 14.6. The van der Waals surface area contributed by atoms with Crippen LogP contribution in [0.3, 0.4) is 0 Å². The SMILES string of the molecule is O=C(Cc1cccs1)Nc1cc(C2OCCCO2)ccc1O. The summed E-state index contributed by atoms with van der Waals surface area (Å²) in [5.41, 5.74) is 1.15. The van der Waals surface area contributed by atoms with E-state index in [4.69, 9.17) is 9.47 Å². The third-order valence-corrected chi connectivity index (χ3v) is 4.19. The number of nitrogens with one attached hydrogen (secondary N) is 1. The van der Waals surface area contributed by atoms with Crippen molar-refractivity contribution in [3.8, 4) is 5.75 Å². The molecule has 0 atom stereocenters. The van der Waals surface area contributed by atoms with Crippen molar-refractivity contribution in [3.05, 3.63) is 46.2 Å². The van der Waals surface area contributed by atoms with Crippen molar-refractivity contribution in [1.29, 1.82) is 0 Å². The fourth-order valence-electron chi connectivity index (χ4n) is 2.25. The van der Waals surface area contributed by atoms with Gasteiger partial charge in [0.05, 0.1) is 25.3 Å². The van der Waals surface area contributed by atoms with Crippen LogP contribution in [0.25, 0.3) is 0 Å². The summed E-state index contributed by atoms with van der Waals surface area (Å²) in [5.74, 6) is -0.139. The van der Waals surface area contributed by atoms with Crippen LogP contribution in [0.4, 0.5) is 5.69 Å². The summed E-state index contributed by atoms with van der Waals surface area (Å²) < 4.78 is 11.1. The molecule has 0 bridgehead atoms. The first-order valence-electron chi connectivity index (χ1n) is 7.11. The van der Waals surface area contributed by atoms with Crippen LogP contribution in [0.2, 0.25) is 0 Å². The molecule has 1 amide bonds. The van der Waals surface area contributed by atoms with Gasteiger partial charge in [0.25, 0.3) is 0 Å². The van der Waals surface area contributed by atoms with Gasteiger partial charge in [0.15, 0.2) is 6.29 Å². The number of benzene rings is 1. The van der Waals surface area contributed by atoms with Crippen molar-refractivity contribution in [1.82, 2.24) is 0 Å². The van der Waals surface area contributed by atoms with Gasteiger partial charge in [-0.25, -0.2) is 0 Å². The Morgan fingerprint density at radius 1 is 1.32 bits per heavy atom. The van der Waals surface area contributed by atoms with E-state index in [9.17, 15) is 9.90 Å². The van der Waals surface area contributed by atoms with E-state index in [1.54, 1.807) is 12.1 Å². The zero-order valence-corrected chi connectivity index (χ0v) is 12.8. The van der Waals surface area contributed by atoms with E-state index >= 15 is 0 Å². The zero-order valence-electron chi connectivity index (χ0n) is 12.0. The molecule has 1 fully saturated rings. The lowest BCUT2D eigenvalue weighted by atomic mass is 10.1. The van der Waals surface area contributed by atoms with Gasteiger partial charge in [-0.2, -0.15) is 0 Å². The van der Waals surface area contributed by atoms with E-state index in [0.717, 1.165) is 16.9 Å². The molecule has 2 heterocycles. The molecule has 116 valence electrons. The van der Waals surface area contributed by atoms with E-state index in [-0.39, 0.29) is 18.1 Å². The lowest BCUT2D eigenvalue weighted by Crippen LogP contribution is -2.18. The predicted molar refractivity (Wildman–Crippen MR) is 84.0 cm³/mol. The molecule has 22 heavy (non-hydrogen) atoms. The number of carbonyl (C=O) groups excluding carboxylic acids is 1. The van der Waals surface area contributed by atoms with Crippen LogP contribution in [-0.2, 0) is 20.7 Å². The number of ether oxygens (including phenoxy) is 2. The Kier molecular flexibility index (Phi) is 4.72. The molecular weight excluding hydrogens is 302 g/mol. The van der Waals surface area contributed by atoms with Crippen molar-refractivity contribution >= 4 is 22.9 Å². The van der Waals surface area contributed by atoms with Crippen LogP contribution in [0.1, 0.15) is 23.2 Å². The number of hydrogen-bond donors (Lipinski definition) is 2. The van der Waals surface area contributed by atoms with Gasteiger partial charge in [0.2, 0.25) is 5.91 Å². The van der Waals surface area contributed by atoms with Gasteiger partial charge in [0.1, 0.15) is 5.75 Å². The first-order chi connectivity index (χ1) is 10.7. The molecule has 0 unspecified atom stereocenters. The van der Waals surface area contributed by atoms with E-state index in [0.29, 0.717) is 18.9 Å². The number of phenolic OH excluding ortho intramolecular Hbond substituents is 1. The Balaban J connectivity index is 1.70. The normalized spacial score (nSPS) is 15.6. The highest BCUT2D eigenvalue weighted by atomic mass is 32.1. The summed E-state index contributed by atoms with van der Waals surface area (Å²) >= 11 is 1.53. The Morgan fingerprint density at radius 2 is 2.14 bits per heavy atom. The highest BCUT2D eigenvalue weighted by Gasteiger charge is 2.18. The zero-order chi connectivity index (χ0) is 15.4. The maximum atomic E-state index is 12.0. The number of rotatable bonds is 4. The topological polar surface area (TPSA) is 67.8 Å². The Hall–Kier alpha value is -1.89. The maximum absolute atomic E-state index is 12.0. The van der Waals surface area contributed by atoms with E-state index < -0.39 is 6.29 Å². The Morgan fingerprint density at radius 3 is 2.86 bits per heavy atom. The fourth-order valence-corrected chi connectivity index (χ4v) is 2.95. The van der Waals surface area contributed by atoms with Gasteiger partial charge in [-0.3, -0.25) is 4.79 Å². The van der Waals surface area contributed by atoms with Crippen molar-refractivity contribution in [2.75, 3.05) is 18.5 Å². The predicted octanol–water partition coefficient (Wildman–Crippen LogP) is 3.07. The molecule has 0 aliphatic carbocycles. The smallest absolute Gasteiger partial charge is 0.229 e. The minimum atomic E-state index is -0.442. The van der Waals surface area contributed by atoms with Gasteiger partial charge in [-0.05, 0) is 30.0 Å². The van der Waals surface area contributed by atoms with Crippen LogP contribution >= 0.6 is 11.3 Å². The largest absolute Gasteiger partial charge is 0.506 e. The maximum Gasteiger partial charge on any atom is 0.229 e. The molecule has 6 heteroatoms. The van der Waals surface area contributed by atoms with E-state index in [1.807, 2.05) is 17.5 Å². The highest BCUT2D eigenvalue weighted by Crippen LogP contribution is 2.30. The number of hydrogen-bond acceptors (Lipinski definition) is 5. The molecule has 2 N–H and O–H groups in total. The second-order valence-corrected chi connectivity index (χ2v) is 6.04. The highest BCUT2D eigenvalue weighted by molar-refractivity contribution is 7.10. The van der Waals surface area contributed by atoms with Crippen molar-refractivity contribution in [2.45, 2.75) is 19.1 Å². The lowest BCUT2D eigenvalue weighted by Gasteiger charge is -2.24. The number of anilines is 1. The van der Waals surface area contributed by atoms with Crippen molar-refractivity contribution in [3.63, 3.8) is 0 Å². The van der Waals surface area contributed by atoms with Gasteiger partial charge in [-0.1, -0.05) is 12.1 Å². The number of aromatic hydroxyl groups is 1. The average molecular weight is 319 g/mol. The van der Waals surface area contributed by atoms with Crippen LogP contribution < -0.4 is 5.32 Å². The summed E-state index contributed by atoms with van der Waals surface area (Å²) in [6.45, 7) is 1.29. The minimum absolute atomic E-state index is 0.0269. The summed E-state index contributed by atoms with van der Waals surface area (Å²) in [6.07, 6.45) is 0.721. The molecule has 1 saturated heterocycles. The molecule has 1 aliphatic rings. The van der Waals surface area contributed by atoms with Crippen LogP contribution in [-0.4, -0.2) is 24.2 Å². The number of amides is 1. The third-order valence-electron chi connectivity index (χ3n) is 3.31. The lowest BCUT2D eigenvalue weighted by molar-refractivity contribution is -0.183. The molecule has 3 rings (SSSR count). The Labute approximate surface area is 132 Å². The summed E-state index contributed by atoms with van der Waals surface area (Å²) in [7, 11) is 0. The van der Waals surface area contributed by atoms with Crippen LogP contribution in [0, 0.1) is 0 Å². The van der Waals surface area contributed by atoms with Crippen LogP contribution in [0.5, 0.6) is 5.75 Å².